The molecule has 1 saturated carbocycles. The molecule has 0 unspecified atom stereocenters. The molecule has 104 valence electrons. The lowest BCUT2D eigenvalue weighted by molar-refractivity contribution is -0.141. The molecule has 0 spiro atoms. The Bertz CT molecular complexity index is 276. The number of hydrogen-bond acceptors (Lipinski definition) is 2. The van der Waals surface area contributed by atoms with Crippen LogP contribution >= 0.6 is 0 Å². The third-order valence-corrected chi connectivity index (χ3v) is 4.32. The summed E-state index contributed by atoms with van der Waals surface area (Å²) in [6.45, 7) is 6.25. The van der Waals surface area contributed by atoms with E-state index in [0.717, 1.165) is 25.9 Å². The van der Waals surface area contributed by atoms with E-state index in [9.17, 15) is 4.79 Å². The molecule has 0 aromatic carbocycles. The van der Waals surface area contributed by atoms with Crippen LogP contribution in [0, 0.1) is 0 Å². The highest BCUT2D eigenvalue weighted by atomic mass is 16.2. The van der Waals surface area contributed by atoms with Gasteiger partial charge in [-0.2, -0.15) is 0 Å². The monoisotopic (exact) mass is 252 g/mol. The van der Waals surface area contributed by atoms with Crippen LogP contribution in [-0.2, 0) is 4.79 Å². The number of piperidine rings is 1. The van der Waals surface area contributed by atoms with E-state index in [2.05, 4.69) is 24.1 Å². The van der Waals surface area contributed by atoms with Crippen LogP contribution in [0.3, 0.4) is 0 Å². The van der Waals surface area contributed by atoms with Gasteiger partial charge in [-0.1, -0.05) is 19.3 Å². The van der Waals surface area contributed by atoms with Crippen molar-refractivity contribution in [2.75, 3.05) is 13.1 Å². The summed E-state index contributed by atoms with van der Waals surface area (Å²) < 4.78 is 0. The summed E-state index contributed by atoms with van der Waals surface area (Å²) in [4.78, 5) is 15.0. The van der Waals surface area contributed by atoms with Gasteiger partial charge in [0.25, 0.3) is 0 Å². The maximum atomic E-state index is 12.9. The number of nitrogens with one attached hydrogen (secondary N) is 1. The minimum absolute atomic E-state index is 0.246. The third kappa shape index (κ3) is 3.05. The molecular weight excluding hydrogens is 224 g/mol. The van der Waals surface area contributed by atoms with Crippen molar-refractivity contribution in [2.45, 2.75) is 76.8 Å². The Morgan fingerprint density at radius 2 is 1.56 bits per heavy atom. The molecule has 0 aromatic heterocycles. The number of carbonyl (C=O) groups is 1. The van der Waals surface area contributed by atoms with Crippen LogP contribution < -0.4 is 5.32 Å². The zero-order valence-electron chi connectivity index (χ0n) is 12.0. The minimum Gasteiger partial charge on any atom is -0.341 e. The second kappa shape index (κ2) is 6.05. The third-order valence-electron chi connectivity index (χ3n) is 4.32. The van der Waals surface area contributed by atoms with Gasteiger partial charge in [0.1, 0.15) is 0 Å². The fraction of sp³-hybridized carbons (Fsp3) is 0.933. The number of likely N-dealkylation sites (tertiary alicyclic amines) is 1. The van der Waals surface area contributed by atoms with Gasteiger partial charge in [0.15, 0.2) is 0 Å². The molecule has 1 aliphatic heterocycles. The minimum atomic E-state index is -0.246. The van der Waals surface area contributed by atoms with E-state index in [1.807, 2.05) is 0 Å². The zero-order valence-corrected chi connectivity index (χ0v) is 12.0. The molecule has 0 bridgehead atoms. The molecule has 18 heavy (non-hydrogen) atoms. The van der Waals surface area contributed by atoms with Crippen molar-refractivity contribution in [3.8, 4) is 0 Å². The van der Waals surface area contributed by atoms with Crippen LogP contribution in [0.1, 0.15) is 65.2 Å². The lowest BCUT2D eigenvalue weighted by Crippen LogP contribution is -2.61. The number of carbonyl (C=O) groups excluding carboxylic acids is 1. The van der Waals surface area contributed by atoms with E-state index >= 15 is 0 Å². The molecule has 1 aliphatic carbocycles. The molecule has 2 rings (SSSR count). The van der Waals surface area contributed by atoms with Gasteiger partial charge in [-0.15, -0.1) is 0 Å². The predicted octanol–water partition coefficient (Wildman–Crippen LogP) is 2.70. The van der Waals surface area contributed by atoms with Crippen molar-refractivity contribution in [2.24, 2.45) is 0 Å². The summed E-state index contributed by atoms with van der Waals surface area (Å²) in [5.74, 6) is 0.385. The largest absolute Gasteiger partial charge is 0.341 e. The SMILES string of the molecule is CC(C)NC1(C(=O)N2CCCCC2)CCCCC1. The molecular formula is C15H28N2O. The van der Waals surface area contributed by atoms with Crippen molar-refractivity contribution < 1.29 is 4.79 Å². The molecule has 1 saturated heterocycles. The van der Waals surface area contributed by atoms with Crippen molar-refractivity contribution in [3.63, 3.8) is 0 Å². The normalized spacial score (nSPS) is 24.3. The zero-order chi connectivity index (χ0) is 13.0. The Morgan fingerprint density at radius 1 is 1.00 bits per heavy atom. The summed E-state index contributed by atoms with van der Waals surface area (Å²) in [6, 6.07) is 0.386. The van der Waals surface area contributed by atoms with Gasteiger partial charge >= 0.3 is 0 Å². The Balaban J connectivity index is 2.08. The number of amides is 1. The van der Waals surface area contributed by atoms with Crippen molar-refractivity contribution in [1.82, 2.24) is 10.2 Å². The highest BCUT2D eigenvalue weighted by Crippen LogP contribution is 2.31. The van der Waals surface area contributed by atoms with Gasteiger partial charge in [-0.3, -0.25) is 4.79 Å². The van der Waals surface area contributed by atoms with E-state index in [1.54, 1.807) is 0 Å². The molecule has 3 nitrogen and oxygen atoms in total. The van der Waals surface area contributed by atoms with Crippen LogP contribution in [0.4, 0.5) is 0 Å². The van der Waals surface area contributed by atoms with Gasteiger partial charge in [0.05, 0.1) is 5.54 Å². The predicted molar refractivity (Wildman–Crippen MR) is 74.5 cm³/mol. The summed E-state index contributed by atoms with van der Waals surface area (Å²) in [5, 5.41) is 3.60. The lowest BCUT2D eigenvalue weighted by Gasteiger charge is -2.42. The highest BCUT2D eigenvalue weighted by Gasteiger charge is 2.42. The van der Waals surface area contributed by atoms with Crippen molar-refractivity contribution >= 4 is 5.91 Å². The molecule has 0 atom stereocenters. The number of rotatable bonds is 3. The first-order chi connectivity index (χ1) is 8.64. The molecule has 0 aromatic rings. The first kappa shape index (κ1) is 13.9. The molecule has 2 fully saturated rings. The first-order valence-electron chi connectivity index (χ1n) is 7.71. The van der Waals surface area contributed by atoms with Gasteiger partial charge < -0.3 is 10.2 Å². The Morgan fingerprint density at radius 3 is 2.11 bits per heavy atom. The van der Waals surface area contributed by atoms with Crippen molar-refractivity contribution in [1.29, 1.82) is 0 Å². The van der Waals surface area contributed by atoms with Crippen LogP contribution in [0.2, 0.25) is 0 Å². The number of nitrogens with zero attached hydrogens (tertiary/aromatic N) is 1. The second-order valence-electron chi connectivity index (χ2n) is 6.29. The lowest BCUT2D eigenvalue weighted by atomic mass is 9.79. The van der Waals surface area contributed by atoms with E-state index in [-0.39, 0.29) is 5.54 Å². The van der Waals surface area contributed by atoms with E-state index in [4.69, 9.17) is 0 Å². The Labute approximate surface area is 111 Å². The first-order valence-corrected chi connectivity index (χ1v) is 7.71. The average molecular weight is 252 g/mol. The maximum absolute atomic E-state index is 12.9. The number of hydrogen-bond donors (Lipinski definition) is 1. The Kier molecular flexibility index (Phi) is 4.66. The summed E-state index contributed by atoms with van der Waals surface area (Å²) in [7, 11) is 0. The second-order valence-corrected chi connectivity index (χ2v) is 6.29. The topological polar surface area (TPSA) is 32.3 Å². The van der Waals surface area contributed by atoms with Crippen LogP contribution in [0.15, 0.2) is 0 Å². The quantitative estimate of drug-likeness (QED) is 0.837. The standard InChI is InChI=1S/C15H28N2O/c1-13(2)16-15(9-5-3-6-10-15)14(18)17-11-7-4-8-12-17/h13,16H,3-12H2,1-2H3. The Hall–Kier alpha value is -0.570. The molecule has 0 radical (unpaired) electrons. The van der Waals surface area contributed by atoms with E-state index < -0.39 is 0 Å². The summed E-state index contributed by atoms with van der Waals surface area (Å²) >= 11 is 0. The fourth-order valence-electron chi connectivity index (χ4n) is 3.53. The molecule has 2 aliphatic rings. The maximum Gasteiger partial charge on any atom is 0.242 e. The van der Waals surface area contributed by atoms with Gasteiger partial charge in [-0.25, -0.2) is 0 Å². The summed E-state index contributed by atoms with van der Waals surface area (Å²) in [6.07, 6.45) is 9.38. The molecule has 1 heterocycles. The van der Waals surface area contributed by atoms with Gasteiger partial charge in [0, 0.05) is 19.1 Å². The highest BCUT2D eigenvalue weighted by molar-refractivity contribution is 5.86. The van der Waals surface area contributed by atoms with E-state index in [0.29, 0.717) is 11.9 Å². The van der Waals surface area contributed by atoms with Crippen LogP contribution in [0.25, 0.3) is 0 Å². The van der Waals surface area contributed by atoms with Crippen LogP contribution in [-0.4, -0.2) is 35.5 Å². The molecule has 1 amide bonds. The molecule has 1 N–H and O–H groups in total. The molecule has 3 heteroatoms. The van der Waals surface area contributed by atoms with Crippen molar-refractivity contribution in [3.05, 3.63) is 0 Å². The van der Waals surface area contributed by atoms with Gasteiger partial charge in [0.2, 0.25) is 5.91 Å². The summed E-state index contributed by atoms with van der Waals surface area (Å²) in [5.41, 5.74) is -0.246. The van der Waals surface area contributed by atoms with Crippen LogP contribution in [0.5, 0.6) is 0 Å². The average Bonchev–Trinajstić information content (AvgIpc) is 2.39. The van der Waals surface area contributed by atoms with Gasteiger partial charge in [-0.05, 0) is 46.0 Å². The fourth-order valence-corrected chi connectivity index (χ4v) is 3.53. The smallest absolute Gasteiger partial charge is 0.242 e. The van der Waals surface area contributed by atoms with E-state index in [1.165, 1.54) is 38.5 Å².